The summed E-state index contributed by atoms with van der Waals surface area (Å²) in [6.45, 7) is 6.08. The van der Waals surface area contributed by atoms with Crippen molar-refractivity contribution >= 4 is 0 Å². The van der Waals surface area contributed by atoms with Crippen LogP contribution in [-0.4, -0.2) is 54.1 Å². The zero-order valence-corrected chi connectivity index (χ0v) is 14.3. The maximum Gasteiger partial charge on any atom is 0.122 e. The van der Waals surface area contributed by atoms with E-state index in [1.807, 2.05) is 12.3 Å². The summed E-state index contributed by atoms with van der Waals surface area (Å²) in [5.41, 5.74) is 1.14. The number of rotatable bonds is 5. The van der Waals surface area contributed by atoms with Crippen molar-refractivity contribution in [1.82, 2.24) is 14.8 Å². The Kier molecular flexibility index (Phi) is 4.54. The van der Waals surface area contributed by atoms with Crippen LogP contribution in [-0.2, 0) is 6.54 Å². The molecule has 1 aromatic rings. The number of fused-ring (bicyclic) bond motifs is 4. The molecule has 4 heterocycles. The second-order valence-electron chi connectivity index (χ2n) is 7.73. The Morgan fingerprint density at radius 3 is 2.87 bits per heavy atom. The van der Waals surface area contributed by atoms with Crippen molar-refractivity contribution < 1.29 is 4.74 Å². The fourth-order valence-corrected chi connectivity index (χ4v) is 4.53. The Morgan fingerprint density at radius 2 is 2.09 bits per heavy atom. The fourth-order valence-electron chi connectivity index (χ4n) is 4.53. The molecule has 2 bridgehead atoms. The number of pyridine rings is 1. The van der Waals surface area contributed by atoms with Crippen LogP contribution in [0.2, 0.25) is 0 Å². The van der Waals surface area contributed by atoms with Gasteiger partial charge in [-0.2, -0.15) is 0 Å². The SMILES string of the molecule is COc1ccnc(CN2C[C@@H]3CC[C@H](C2)N(CC2CCC2)C3)c1. The van der Waals surface area contributed by atoms with E-state index in [-0.39, 0.29) is 0 Å². The molecular weight excluding hydrogens is 286 g/mol. The van der Waals surface area contributed by atoms with Gasteiger partial charge >= 0.3 is 0 Å². The van der Waals surface area contributed by atoms with E-state index in [9.17, 15) is 0 Å². The van der Waals surface area contributed by atoms with Crippen LogP contribution in [0.1, 0.15) is 37.8 Å². The van der Waals surface area contributed by atoms with E-state index in [0.717, 1.165) is 35.9 Å². The van der Waals surface area contributed by atoms with Gasteiger partial charge in [0.15, 0.2) is 0 Å². The first-order valence-electron chi connectivity index (χ1n) is 9.25. The summed E-state index contributed by atoms with van der Waals surface area (Å²) in [5, 5.41) is 0. The smallest absolute Gasteiger partial charge is 0.122 e. The third-order valence-corrected chi connectivity index (χ3v) is 6.03. The molecule has 0 aromatic carbocycles. The van der Waals surface area contributed by atoms with Gasteiger partial charge in [-0.25, -0.2) is 0 Å². The molecule has 1 aliphatic carbocycles. The first-order chi connectivity index (χ1) is 11.3. The van der Waals surface area contributed by atoms with Gasteiger partial charge in [-0.05, 0) is 43.6 Å². The minimum absolute atomic E-state index is 0.764. The van der Waals surface area contributed by atoms with E-state index < -0.39 is 0 Å². The van der Waals surface area contributed by atoms with Crippen molar-refractivity contribution in [3.8, 4) is 5.75 Å². The number of hydrogen-bond donors (Lipinski definition) is 0. The van der Waals surface area contributed by atoms with Crippen molar-refractivity contribution in [3.63, 3.8) is 0 Å². The highest BCUT2D eigenvalue weighted by Gasteiger charge is 2.36. The summed E-state index contributed by atoms with van der Waals surface area (Å²) < 4.78 is 5.34. The highest BCUT2D eigenvalue weighted by molar-refractivity contribution is 5.22. The molecule has 4 heteroatoms. The van der Waals surface area contributed by atoms with E-state index in [0.29, 0.717) is 0 Å². The van der Waals surface area contributed by atoms with Crippen molar-refractivity contribution in [2.75, 3.05) is 33.3 Å². The Bertz CT molecular complexity index is 531. The molecule has 3 aliphatic heterocycles. The molecule has 126 valence electrons. The summed E-state index contributed by atoms with van der Waals surface area (Å²) in [7, 11) is 1.73. The molecule has 4 aliphatic rings. The molecule has 0 unspecified atom stereocenters. The van der Waals surface area contributed by atoms with Gasteiger partial charge in [-0.1, -0.05) is 6.42 Å². The maximum absolute atomic E-state index is 5.34. The minimum Gasteiger partial charge on any atom is -0.497 e. The van der Waals surface area contributed by atoms with Crippen LogP contribution < -0.4 is 4.74 Å². The second-order valence-corrected chi connectivity index (χ2v) is 7.73. The predicted octanol–water partition coefficient (Wildman–Crippen LogP) is 2.79. The van der Waals surface area contributed by atoms with Crippen LogP contribution in [0.4, 0.5) is 0 Å². The van der Waals surface area contributed by atoms with Crippen LogP contribution >= 0.6 is 0 Å². The Hall–Kier alpha value is -1.13. The molecule has 1 aromatic heterocycles. The highest BCUT2D eigenvalue weighted by atomic mass is 16.5. The van der Waals surface area contributed by atoms with Gasteiger partial charge in [0.25, 0.3) is 0 Å². The second kappa shape index (κ2) is 6.78. The lowest BCUT2D eigenvalue weighted by molar-refractivity contribution is 0.0890. The summed E-state index contributed by atoms with van der Waals surface area (Å²) in [6.07, 6.45) is 9.05. The average Bonchev–Trinajstić information content (AvgIpc) is 2.81. The number of aromatic nitrogens is 1. The van der Waals surface area contributed by atoms with Crippen molar-refractivity contribution in [3.05, 3.63) is 24.0 Å². The zero-order valence-electron chi connectivity index (χ0n) is 14.3. The van der Waals surface area contributed by atoms with Gasteiger partial charge in [-0.3, -0.25) is 14.8 Å². The van der Waals surface area contributed by atoms with Crippen LogP contribution in [0.15, 0.2) is 18.3 Å². The number of hydrogen-bond acceptors (Lipinski definition) is 4. The van der Waals surface area contributed by atoms with Crippen molar-refractivity contribution in [1.29, 1.82) is 0 Å². The number of nitrogens with zero attached hydrogens (tertiary/aromatic N) is 3. The largest absolute Gasteiger partial charge is 0.497 e. The third kappa shape index (κ3) is 3.53. The zero-order chi connectivity index (χ0) is 15.6. The van der Waals surface area contributed by atoms with E-state index in [4.69, 9.17) is 4.74 Å². The van der Waals surface area contributed by atoms with E-state index >= 15 is 0 Å². The molecule has 4 nitrogen and oxygen atoms in total. The van der Waals surface area contributed by atoms with Gasteiger partial charge in [-0.15, -0.1) is 0 Å². The molecule has 3 saturated heterocycles. The normalized spacial score (nSPS) is 29.3. The Morgan fingerprint density at radius 1 is 1.17 bits per heavy atom. The molecule has 0 N–H and O–H groups in total. The minimum atomic E-state index is 0.764. The predicted molar refractivity (Wildman–Crippen MR) is 91.5 cm³/mol. The standard InChI is InChI=1S/C19H29N3O/c1-23-19-7-8-20-17(9-19)13-21-10-16-5-6-18(14-21)22(12-16)11-15-3-2-4-15/h7-9,15-16,18H,2-6,10-14H2,1H3/t16-,18+/m0/s1. The van der Waals surface area contributed by atoms with Gasteiger partial charge < -0.3 is 4.74 Å². The first kappa shape index (κ1) is 15.4. The van der Waals surface area contributed by atoms with Gasteiger partial charge in [0.1, 0.15) is 5.75 Å². The molecule has 1 saturated carbocycles. The topological polar surface area (TPSA) is 28.6 Å². The lowest BCUT2D eigenvalue weighted by Gasteiger charge is -2.40. The molecule has 2 atom stereocenters. The van der Waals surface area contributed by atoms with Crippen molar-refractivity contribution in [2.45, 2.75) is 44.7 Å². The molecule has 5 rings (SSSR count). The first-order valence-corrected chi connectivity index (χ1v) is 9.25. The van der Waals surface area contributed by atoms with Gasteiger partial charge in [0.2, 0.25) is 0 Å². The van der Waals surface area contributed by atoms with E-state index in [1.54, 1.807) is 7.11 Å². The van der Waals surface area contributed by atoms with Crippen molar-refractivity contribution in [2.24, 2.45) is 11.8 Å². The van der Waals surface area contributed by atoms with Crippen LogP contribution in [0.3, 0.4) is 0 Å². The summed E-state index contributed by atoms with van der Waals surface area (Å²) in [6, 6.07) is 4.77. The number of piperidine rings is 1. The van der Waals surface area contributed by atoms with Gasteiger partial charge in [0, 0.05) is 51.0 Å². The van der Waals surface area contributed by atoms with Crippen LogP contribution in [0, 0.1) is 11.8 Å². The summed E-state index contributed by atoms with van der Waals surface area (Å²) >= 11 is 0. The fraction of sp³-hybridized carbons (Fsp3) is 0.737. The Balaban J connectivity index is 1.40. The average molecular weight is 315 g/mol. The number of ether oxygens (including phenoxy) is 1. The molecule has 0 spiro atoms. The maximum atomic E-state index is 5.34. The molecule has 4 fully saturated rings. The van der Waals surface area contributed by atoms with Crippen LogP contribution in [0.5, 0.6) is 5.75 Å². The summed E-state index contributed by atoms with van der Waals surface area (Å²) in [5.74, 6) is 2.75. The summed E-state index contributed by atoms with van der Waals surface area (Å²) in [4.78, 5) is 9.98. The highest BCUT2D eigenvalue weighted by Crippen LogP contribution is 2.33. The lowest BCUT2D eigenvalue weighted by atomic mass is 9.83. The lowest BCUT2D eigenvalue weighted by Crippen LogP contribution is -2.46. The number of methoxy groups -OCH3 is 1. The molecule has 0 amide bonds. The Labute approximate surface area is 139 Å². The molecular formula is C19H29N3O. The molecule has 23 heavy (non-hydrogen) atoms. The van der Waals surface area contributed by atoms with Crippen LogP contribution in [0.25, 0.3) is 0 Å². The molecule has 0 radical (unpaired) electrons. The van der Waals surface area contributed by atoms with E-state index in [1.165, 1.54) is 58.3 Å². The van der Waals surface area contributed by atoms with Gasteiger partial charge in [0.05, 0.1) is 12.8 Å². The quantitative estimate of drug-likeness (QED) is 0.835. The van der Waals surface area contributed by atoms with E-state index in [2.05, 4.69) is 20.9 Å². The third-order valence-electron chi connectivity index (χ3n) is 6.03. The monoisotopic (exact) mass is 315 g/mol.